The highest BCUT2D eigenvalue weighted by Crippen LogP contribution is 2.41. The summed E-state index contributed by atoms with van der Waals surface area (Å²) in [5.74, 6) is -1.46. The quantitative estimate of drug-likeness (QED) is 0.714. The van der Waals surface area contributed by atoms with Gasteiger partial charge in [-0.2, -0.15) is 0 Å². The number of ketones is 1. The molecular formula is C20H14N2O3S. The van der Waals surface area contributed by atoms with E-state index in [-0.39, 0.29) is 11.4 Å². The molecule has 0 aliphatic carbocycles. The van der Waals surface area contributed by atoms with Crippen molar-refractivity contribution in [3.05, 3.63) is 94.1 Å². The average molecular weight is 362 g/mol. The zero-order valence-electron chi connectivity index (χ0n) is 13.6. The standard InChI is InChI=1S/C20H14N2O3S/c23-18(15-9-5-11-26-15)16-17(13-6-2-1-3-7-13)22(20(25)19(16)24)14-8-4-10-21-12-14/h1-12,17,24H/t17-/m1/s1. The fourth-order valence-electron chi connectivity index (χ4n) is 3.09. The van der Waals surface area contributed by atoms with Gasteiger partial charge in [-0.05, 0) is 29.1 Å². The third kappa shape index (κ3) is 2.60. The van der Waals surface area contributed by atoms with Gasteiger partial charge in [-0.25, -0.2) is 0 Å². The lowest BCUT2D eigenvalue weighted by Crippen LogP contribution is -2.31. The summed E-state index contributed by atoms with van der Waals surface area (Å²) in [5, 5.41) is 12.3. The molecule has 1 N–H and O–H groups in total. The van der Waals surface area contributed by atoms with E-state index in [2.05, 4.69) is 4.98 Å². The van der Waals surface area contributed by atoms with Crippen LogP contribution in [0.4, 0.5) is 5.69 Å². The number of hydrogen-bond acceptors (Lipinski definition) is 5. The van der Waals surface area contributed by atoms with Gasteiger partial charge in [0.2, 0.25) is 5.78 Å². The van der Waals surface area contributed by atoms with Crippen LogP contribution in [0.15, 0.2) is 83.7 Å². The first-order valence-electron chi connectivity index (χ1n) is 7.98. The molecule has 0 radical (unpaired) electrons. The molecule has 0 unspecified atom stereocenters. The van der Waals surface area contributed by atoms with Gasteiger partial charge in [-0.15, -0.1) is 11.3 Å². The molecule has 0 saturated carbocycles. The summed E-state index contributed by atoms with van der Waals surface area (Å²) in [4.78, 5) is 31.8. The van der Waals surface area contributed by atoms with Crippen LogP contribution in [0.25, 0.3) is 0 Å². The first-order valence-corrected chi connectivity index (χ1v) is 8.86. The molecule has 0 fully saturated rings. The molecule has 3 aromatic rings. The number of carbonyl (C=O) groups excluding carboxylic acids is 2. The number of aromatic nitrogens is 1. The van der Waals surface area contributed by atoms with Crippen molar-refractivity contribution >= 4 is 28.7 Å². The minimum atomic E-state index is -0.706. The Morgan fingerprint density at radius 2 is 1.88 bits per heavy atom. The zero-order chi connectivity index (χ0) is 18.1. The van der Waals surface area contributed by atoms with Gasteiger partial charge in [-0.3, -0.25) is 19.5 Å². The van der Waals surface area contributed by atoms with Crippen molar-refractivity contribution in [2.45, 2.75) is 6.04 Å². The maximum Gasteiger partial charge on any atom is 0.294 e. The predicted molar refractivity (Wildman–Crippen MR) is 99.2 cm³/mol. The van der Waals surface area contributed by atoms with Gasteiger partial charge < -0.3 is 5.11 Å². The van der Waals surface area contributed by atoms with E-state index in [1.165, 1.54) is 16.2 Å². The minimum Gasteiger partial charge on any atom is -0.503 e. The molecule has 1 amide bonds. The van der Waals surface area contributed by atoms with E-state index in [9.17, 15) is 14.7 Å². The summed E-state index contributed by atoms with van der Waals surface area (Å²) < 4.78 is 0. The van der Waals surface area contributed by atoms with E-state index in [0.29, 0.717) is 10.6 Å². The van der Waals surface area contributed by atoms with Gasteiger partial charge in [0.1, 0.15) is 0 Å². The van der Waals surface area contributed by atoms with Gasteiger partial charge in [-0.1, -0.05) is 36.4 Å². The fourth-order valence-corrected chi connectivity index (χ4v) is 3.77. The van der Waals surface area contributed by atoms with E-state index < -0.39 is 17.7 Å². The van der Waals surface area contributed by atoms with E-state index in [4.69, 9.17) is 0 Å². The Kier molecular flexibility index (Phi) is 4.10. The molecule has 0 bridgehead atoms. The molecule has 2 aromatic heterocycles. The number of amides is 1. The van der Waals surface area contributed by atoms with Crippen LogP contribution in [0, 0.1) is 0 Å². The monoisotopic (exact) mass is 362 g/mol. The number of pyridine rings is 1. The predicted octanol–water partition coefficient (Wildman–Crippen LogP) is 3.93. The fraction of sp³-hybridized carbons (Fsp3) is 0.0500. The highest BCUT2D eigenvalue weighted by molar-refractivity contribution is 7.12. The first-order chi connectivity index (χ1) is 12.7. The molecule has 0 spiro atoms. The summed E-state index contributed by atoms with van der Waals surface area (Å²) in [5.41, 5.74) is 1.35. The Morgan fingerprint density at radius 3 is 2.54 bits per heavy atom. The lowest BCUT2D eigenvalue weighted by Gasteiger charge is -2.26. The van der Waals surface area contributed by atoms with E-state index in [0.717, 1.165) is 5.56 Å². The van der Waals surface area contributed by atoms with Crippen molar-refractivity contribution in [2.75, 3.05) is 4.90 Å². The maximum atomic E-state index is 13.0. The van der Waals surface area contributed by atoms with Crippen LogP contribution in [0.3, 0.4) is 0 Å². The van der Waals surface area contributed by atoms with Crippen molar-refractivity contribution in [3.63, 3.8) is 0 Å². The minimum absolute atomic E-state index is 0.0903. The average Bonchev–Trinajstić information content (AvgIpc) is 3.31. The second-order valence-electron chi connectivity index (χ2n) is 5.77. The number of hydrogen-bond donors (Lipinski definition) is 1. The topological polar surface area (TPSA) is 70.5 Å². The Hall–Kier alpha value is -3.25. The van der Waals surface area contributed by atoms with Gasteiger partial charge in [0, 0.05) is 6.20 Å². The third-order valence-electron chi connectivity index (χ3n) is 4.24. The summed E-state index contributed by atoms with van der Waals surface area (Å²) in [7, 11) is 0. The van der Waals surface area contributed by atoms with Gasteiger partial charge >= 0.3 is 0 Å². The largest absolute Gasteiger partial charge is 0.503 e. The number of anilines is 1. The second kappa shape index (κ2) is 6.57. The number of Topliss-reactive ketones (excluding diaryl/α,β-unsaturated/α-hetero) is 1. The van der Waals surface area contributed by atoms with Crippen molar-refractivity contribution in [3.8, 4) is 0 Å². The molecule has 1 aliphatic heterocycles. The highest BCUT2D eigenvalue weighted by Gasteiger charge is 2.44. The molecule has 4 rings (SSSR count). The molecule has 6 heteroatoms. The molecule has 26 heavy (non-hydrogen) atoms. The normalized spacial score (nSPS) is 17.0. The van der Waals surface area contributed by atoms with Crippen LogP contribution in [-0.4, -0.2) is 21.8 Å². The Labute approximate surface area is 153 Å². The third-order valence-corrected chi connectivity index (χ3v) is 5.11. The molecule has 3 heterocycles. The molecule has 1 aliphatic rings. The molecule has 0 saturated heterocycles. The SMILES string of the molecule is O=C(C1=C(O)C(=O)N(c2cccnc2)[C@@H]1c1ccccc1)c1cccs1. The smallest absolute Gasteiger partial charge is 0.294 e. The van der Waals surface area contributed by atoms with Crippen LogP contribution < -0.4 is 4.90 Å². The molecular weight excluding hydrogens is 348 g/mol. The number of benzene rings is 1. The van der Waals surface area contributed by atoms with Crippen LogP contribution in [0.1, 0.15) is 21.3 Å². The van der Waals surface area contributed by atoms with E-state index >= 15 is 0 Å². The molecule has 128 valence electrons. The van der Waals surface area contributed by atoms with E-state index in [1.807, 2.05) is 30.3 Å². The lowest BCUT2D eigenvalue weighted by atomic mass is 9.95. The Morgan fingerprint density at radius 1 is 1.08 bits per heavy atom. The molecule has 1 aromatic carbocycles. The number of carbonyl (C=O) groups is 2. The number of aliphatic hydroxyl groups excluding tert-OH is 1. The molecule has 5 nitrogen and oxygen atoms in total. The molecule has 1 atom stereocenters. The van der Waals surface area contributed by atoms with Crippen LogP contribution >= 0.6 is 11.3 Å². The number of rotatable bonds is 4. The number of aliphatic hydroxyl groups is 1. The van der Waals surface area contributed by atoms with Crippen molar-refractivity contribution < 1.29 is 14.7 Å². The summed E-state index contributed by atoms with van der Waals surface area (Å²) >= 11 is 1.28. The van der Waals surface area contributed by atoms with Crippen LogP contribution in [-0.2, 0) is 4.79 Å². The number of thiophene rings is 1. The van der Waals surface area contributed by atoms with Crippen molar-refractivity contribution in [2.24, 2.45) is 0 Å². The van der Waals surface area contributed by atoms with Gasteiger partial charge in [0.05, 0.1) is 28.4 Å². The second-order valence-corrected chi connectivity index (χ2v) is 6.72. The van der Waals surface area contributed by atoms with Crippen molar-refractivity contribution in [1.82, 2.24) is 4.98 Å². The van der Waals surface area contributed by atoms with Gasteiger partial charge in [0.25, 0.3) is 5.91 Å². The summed E-state index contributed by atoms with van der Waals surface area (Å²) in [6.45, 7) is 0. The summed E-state index contributed by atoms with van der Waals surface area (Å²) in [6, 6.07) is 15.4. The number of nitrogens with zero attached hydrogens (tertiary/aromatic N) is 2. The van der Waals surface area contributed by atoms with Crippen LogP contribution in [0.2, 0.25) is 0 Å². The first kappa shape index (κ1) is 16.2. The summed E-state index contributed by atoms with van der Waals surface area (Å²) in [6.07, 6.45) is 3.15. The maximum absolute atomic E-state index is 13.0. The Balaban J connectivity index is 1.88. The highest BCUT2D eigenvalue weighted by atomic mass is 32.1. The van der Waals surface area contributed by atoms with E-state index in [1.54, 1.807) is 42.0 Å². The lowest BCUT2D eigenvalue weighted by molar-refractivity contribution is -0.117. The van der Waals surface area contributed by atoms with Crippen molar-refractivity contribution in [1.29, 1.82) is 0 Å². The van der Waals surface area contributed by atoms with Gasteiger partial charge in [0.15, 0.2) is 5.76 Å². The zero-order valence-corrected chi connectivity index (χ0v) is 14.4. The Bertz CT molecular complexity index is 982. The van der Waals surface area contributed by atoms with Crippen LogP contribution in [0.5, 0.6) is 0 Å².